The smallest absolute Gasteiger partial charge is 0.173 e. The number of unbranched alkanes of at least 4 members (excludes halogenated alkanes) is 2. The monoisotopic (exact) mass is 432 g/mol. The van der Waals surface area contributed by atoms with E-state index in [1.807, 2.05) is 12.1 Å². The lowest BCUT2D eigenvalue weighted by atomic mass is 9.76. The van der Waals surface area contributed by atoms with Crippen molar-refractivity contribution in [2.75, 3.05) is 0 Å². The van der Waals surface area contributed by atoms with Crippen molar-refractivity contribution in [3.8, 4) is 0 Å². The summed E-state index contributed by atoms with van der Waals surface area (Å²) in [6.07, 6.45) is 14.8. The fourth-order valence-corrected chi connectivity index (χ4v) is 10.0. The zero-order chi connectivity index (χ0) is 21.4. The van der Waals surface area contributed by atoms with Gasteiger partial charge < -0.3 is 0 Å². The summed E-state index contributed by atoms with van der Waals surface area (Å²) >= 11 is 0. The van der Waals surface area contributed by atoms with E-state index in [9.17, 15) is 8.78 Å². The molecule has 1 aliphatic carbocycles. The molecular formula is C27H42F2Si. The highest BCUT2D eigenvalue weighted by atomic mass is 28.3. The van der Waals surface area contributed by atoms with E-state index in [2.05, 4.69) is 25.6 Å². The highest BCUT2D eigenvalue weighted by molar-refractivity contribution is 6.78. The zero-order valence-corrected chi connectivity index (χ0v) is 20.3. The van der Waals surface area contributed by atoms with Gasteiger partial charge in [-0.05, 0) is 54.6 Å². The van der Waals surface area contributed by atoms with Crippen molar-refractivity contribution in [3.63, 3.8) is 0 Å². The summed E-state index contributed by atoms with van der Waals surface area (Å²) < 4.78 is 24.8. The van der Waals surface area contributed by atoms with Crippen LogP contribution in [0.5, 0.6) is 0 Å². The number of rotatable bonds is 9. The molecule has 3 rings (SSSR count). The molecule has 0 radical (unpaired) electrons. The van der Waals surface area contributed by atoms with E-state index < -0.39 is 14.2 Å². The topological polar surface area (TPSA) is 0 Å². The first kappa shape index (κ1) is 23.7. The molecule has 0 N–H and O–H groups in total. The Morgan fingerprint density at radius 3 is 2.07 bits per heavy atom. The summed E-state index contributed by atoms with van der Waals surface area (Å²) in [6, 6.07) is 12.5. The fourth-order valence-electron chi connectivity index (χ4n) is 5.96. The van der Waals surface area contributed by atoms with Gasteiger partial charge in [-0.1, -0.05) is 101 Å². The Balaban J connectivity index is 1.35. The molecule has 0 unspecified atom stereocenters. The van der Waals surface area contributed by atoms with Crippen LogP contribution >= 0.6 is 0 Å². The third-order valence-corrected chi connectivity index (χ3v) is 12.8. The normalized spacial score (nSPS) is 29.5. The van der Waals surface area contributed by atoms with Gasteiger partial charge in [-0.3, -0.25) is 0 Å². The van der Waals surface area contributed by atoms with Gasteiger partial charge in [0.25, 0.3) is 6.08 Å². The summed E-state index contributed by atoms with van der Waals surface area (Å²) in [5, 5.41) is 0. The predicted molar refractivity (Wildman–Crippen MR) is 129 cm³/mol. The second-order valence-corrected chi connectivity index (χ2v) is 15.7. The molecule has 0 bridgehead atoms. The van der Waals surface area contributed by atoms with Crippen LogP contribution in [0, 0.1) is 11.8 Å². The first-order valence-corrected chi connectivity index (χ1v) is 15.7. The molecule has 0 aromatic heterocycles. The zero-order valence-electron chi connectivity index (χ0n) is 19.3. The minimum atomic E-state index is -1.62. The Morgan fingerprint density at radius 1 is 0.900 bits per heavy atom. The van der Waals surface area contributed by atoms with Crippen molar-refractivity contribution in [1.29, 1.82) is 0 Å². The van der Waals surface area contributed by atoms with Crippen LogP contribution < -0.4 is 0 Å². The lowest BCUT2D eigenvalue weighted by Gasteiger charge is -2.37. The number of halogens is 2. The molecule has 1 aliphatic heterocycles. The van der Waals surface area contributed by atoms with E-state index >= 15 is 0 Å². The molecule has 168 valence electrons. The van der Waals surface area contributed by atoms with Crippen molar-refractivity contribution in [2.45, 2.75) is 108 Å². The number of benzene rings is 1. The largest absolute Gasteiger partial charge is 0.270 e. The first-order chi connectivity index (χ1) is 14.5. The predicted octanol–water partition coefficient (Wildman–Crippen LogP) is 9.66. The quantitative estimate of drug-likeness (QED) is 0.269. The molecule has 1 aromatic rings. The number of hydrogen-bond donors (Lipinski definition) is 0. The maximum absolute atomic E-state index is 12.4. The van der Waals surface area contributed by atoms with E-state index in [0.717, 1.165) is 17.9 Å². The van der Waals surface area contributed by atoms with Gasteiger partial charge in [0.05, 0.1) is 8.07 Å². The average Bonchev–Trinajstić information content (AvgIpc) is 2.74. The Kier molecular flexibility index (Phi) is 9.16. The van der Waals surface area contributed by atoms with E-state index in [1.165, 1.54) is 76.2 Å². The maximum Gasteiger partial charge on any atom is 0.270 e. The van der Waals surface area contributed by atoms with Gasteiger partial charge in [0, 0.05) is 6.08 Å². The molecule has 2 aliphatic rings. The summed E-state index contributed by atoms with van der Waals surface area (Å²) in [7, 11) is -0.889. The molecule has 1 aromatic carbocycles. The minimum absolute atomic E-state index is 0.601. The standard InChI is InChI=1S/C27H42F2Si/c1-3-4-5-18-30(2)19-16-23(17-20-30)7-6-22-8-12-25(13-9-22)26-14-10-24(11-15-26)21-27(28)29/h10-11,14-15,21-23,25H,3-9,12-13,16-20H2,1-2H3/t22?,23-,25?,30-. The third-order valence-electron chi connectivity index (χ3n) is 8.21. The van der Waals surface area contributed by atoms with Gasteiger partial charge in [0.15, 0.2) is 0 Å². The van der Waals surface area contributed by atoms with Crippen molar-refractivity contribution in [1.82, 2.24) is 0 Å². The van der Waals surface area contributed by atoms with E-state index in [4.69, 9.17) is 0 Å². The van der Waals surface area contributed by atoms with E-state index in [1.54, 1.807) is 18.1 Å². The molecule has 0 nitrogen and oxygen atoms in total. The second-order valence-electron chi connectivity index (χ2n) is 10.6. The first-order valence-electron chi connectivity index (χ1n) is 12.6. The molecule has 0 atom stereocenters. The van der Waals surface area contributed by atoms with Crippen LogP contribution in [-0.4, -0.2) is 8.07 Å². The molecule has 2 fully saturated rings. The third kappa shape index (κ3) is 7.32. The Morgan fingerprint density at radius 2 is 1.50 bits per heavy atom. The van der Waals surface area contributed by atoms with Crippen LogP contribution in [0.1, 0.15) is 94.6 Å². The molecule has 0 spiro atoms. The van der Waals surface area contributed by atoms with E-state index in [0.29, 0.717) is 11.5 Å². The second kappa shape index (κ2) is 11.6. The van der Waals surface area contributed by atoms with Gasteiger partial charge >= 0.3 is 0 Å². The van der Waals surface area contributed by atoms with Crippen LogP contribution in [0.3, 0.4) is 0 Å². The highest BCUT2D eigenvalue weighted by Gasteiger charge is 2.32. The van der Waals surface area contributed by atoms with Gasteiger partial charge in [0.1, 0.15) is 0 Å². The summed E-state index contributed by atoms with van der Waals surface area (Å²) in [6.45, 7) is 5.00. The highest BCUT2D eigenvalue weighted by Crippen LogP contribution is 2.41. The molecule has 1 saturated carbocycles. The van der Waals surface area contributed by atoms with Gasteiger partial charge in [-0.25, -0.2) is 0 Å². The molecule has 3 heteroatoms. The van der Waals surface area contributed by atoms with Gasteiger partial charge in [-0.2, -0.15) is 8.78 Å². The lowest BCUT2D eigenvalue weighted by molar-refractivity contribution is 0.279. The van der Waals surface area contributed by atoms with Gasteiger partial charge in [0.2, 0.25) is 0 Å². The molecule has 1 saturated heterocycles. The number of hydrogen-bond acceptors (Lipinski definition) is 0. The van der Waals surface area contributed by atoms with Crippen LogP contribution in [-0.2, 0) is 0 Å². The average molecular weight is 433 g/mol. The van der Waals surface area contributed by atoms with Crippen LogP contribution in [0.2, 0.25) is 24.7 Å². The van der Waals surface area contributed by atoms with Crippen molar-refractivity contribution in [2.24, 2.45) is 11.8 Å². The summed E-state index contributed by atoms with van der Waals surface area (Å²) in [4.78, 5) is 0. The molecule has 0 amide bonds. The summed E-state index contributed by atoms with van der Waals surface area (Å²) in [5.74, 6) is 2.55. The SMILES string of the molecule is CCCCC[Si@]1(C)CC[C@@H](CCC2CCC(c3ccc(C=C(F)F)cc3)CC2)CC1. The van der Waals surface area contributed by atoms with Crippen molar-refractivity contribution < 1.29 is 8.78 Å². The minimum Gasteiger partial charge on any atom is -0.173 e. The van der Waals surface area contributed by atoms with Crippen molar-refractivity contribution in [3.05, 3.63) is 41.5 Å². The maximum atomic E-state index is 12.4. The molecular weight excluding hydrogens is 390 g/mol. The fraction of sp³-hybridized carbons (Fsp3) is 0.704. The lowest BCUT2D eigenvalue weighted by Crippen LogP contribution is -2.34. The summed E-state index contributed by atoms with van der Waals surface area (Å²) in [5.41, 5.74) is 1.94. The molecule has 30 heavy (non-hydrogen) atoms. The Hall–Kier alpha value is -0.963. The Bertz CT molecular complexity index is 646. The van der Waals surface area contributed by atoms with Crippen LogP contribution in [0.15, 0.2) is 30.3 Å². The molecule has 1 heterocycles. The van der Waals surface area contributed by atoms with Crippen LogP contribution in [0.4, 0.5) is 8.78 Å². The van der Waals surface area contributed by atoms with Gasteiger partial charge in [-0.15, -0.1) is 0 Å². The Labute approximate surface area is 184 Å². The van der Waals surface area contributed by atoms with Crippen LogP contribution in [0.25, 0.3) is 6.08 Å². The van der Waals surface area contributed by atoms with E-state index in [-0.39, 0.29) is 0 Å². The van der Waals surface area contributed by atoms with Crippen molar-refractivity contribution >= 4 is 14.1 Å².